The molecule has 206 valence electrons. The van der Waals surface area contributed by atoms with E-state index in [-0.39, 0.29) is 16.3 Å². The van der Waals surface area contributed by atoms with Crippen LogP contribution in [0.4, 0.5) is 17.1 Å². The lowest BCUT2D eigenvalue weighted by Gasteiger charge is -2.44. The van der Waals surface area contributed by atoms with Gasteiger partial charge in [0.05, 0.1) is 27.8 Å². The summed E-state index contributed by atoms with van der Waals surface area (Å²) in [4.78, 5) is 16.1. The zero-order chi connectivity index (χ0) is 29.0. The monoisotopic (exact) mass is 549 g/mol. The molecular formula is C38H31NO3. The van der Waals surface area contributed by atoms with Gasteiger partial charge in [-0.2, -0.15) is 0 Å². The van der Waals surface area contributed by atoms with Crippen molar-refractivity contribution in [3.63, 3.8) is 0 Å². The van der Waals surface area contributed by atoms with Crippen LogP contribution in [0.2, 0.25) is 0 Å². The molecule has 5 aromatic carbocycles. The van der Waals surface area contributed by atoms with Crippen LogP contribution in [-0.2, 0) is 10.8 Å². The first kappa shape index (κ1) is 24.9. The predicted molar refractivity (Wildman–Crippen MR) is 171 cm³/mol. The van der Waals surface area contributed by atoms with Crippen LogP contribution in [0.3, 0.4) is 0 Å². The SMILES string of the molecule is CC(C)(C)c1ccc2oc3ccc(-c4ccc5c(c4)Oc4cccc6c4N5c4ccccc4C6(C)C)cc3c(=O)c2c1. The van der Waals surface area contributed by atoms with E-state index in [2.05, 4.69) is 94.1 Å². The summed E-state index contributed by atoms with van der Waals surface area (Å²) >= 11 is 0. The highest BCUT2D eigenvalue weighted by Gasteiger charge is 2.41. The highest BCUT2D eigenvalue weighted by atomic mass is 16.5. The lowest BCUT2D eigenvalue weighted by molar-refractivity contribution is 0.471. The van der Waals surface area contributed by atoms with Crippen LogP contribution in [0.5, 0.6) is 11.5 Å². The smallest absolute Gasteiger partial charge is 0.200 e. The minimum Gasteiger partial charge on any atom is -0.456 e. The van der Waals surface area contributed by atoms with Crippen molar-refractivity contribution in [1.82, 2.24) is 0 Å². The summed E-state index contributed by atoms with van der Waals surface area (Å²) in [5.41, 5.74) is 9.80. The number of nitrogens with zero attached hydrogens (tertiary/aromatic N) is 1. The van der Waals surface area contributed by atoms with E-state index in [1.807, 2.05) is 42.5 Å². The summed E-state index contributed by atoms with van der Waals surface area (Å²) < 4.78 is 12.8. The molecule has 4 heteroatoms. The average molecular weight is 550 g/mol. The maximum atomic E-state index is 13.7. The second kappa shape index (κ2) is 8.36. The van der Waals surface area contributed by atoms with Crippen molar-refractivity contribution in [2.24, 2.45) is 0 Å². The number of ether oxygens (including phenoxy) is 1. The molecule has 6 aromatic rings. The lowest BCUT2D eigenvalue weighted by Crippen LogP contribution is -2.32. The van der Waals surface area contributed by atoms with Crippen LogP contribution in [0.15, 0.2) is 106 Å². The molecule has 0 saturated heterocycles. The van der Waals surface area contributed by atoms with Crippen molar-refractivity contribution in [3.8, 4) is 22.6 Å². The van der Waals surface area contributed by atoms with Gasteiger partial charge in [-0.15, -0.1) is 0 Å². The second-order valence-corrected chi connectivity index (χ2v) is 13.0. The topological polar surface area (TPSA) is 42.7 Å². The van der Waals surface area contributed by atoms with Gasteiger partial charge in [-0.1, -0.05) is 83.1 Å². The van der Waals surface area contributed by atoms with Crippen molar-refractivity contribution < 1.29 is 9.15 Å². The number of hydrogen-bond acceptors (Lipinski definition) is 4. The minimum atomic E-state index is -0.150. The first-order chi connectivity index (χ1) is 20.1. The Labute approximate surface area is 244 Å². The molecule has 0 bridgehead atoms. The molecule has 8 rings (SSSR count). The highest BCUT2D eigenvalue weighted by Crippen LogP contribution is 2.59. The number of fused-ring (bicyclic) bond motifs is 6. The summed E-state index contributed by atoms with van der Waals surface area (Å²) in [5, 5.41) is 1.19. The third kappa shape index (κ3) is 3.45. The van der Waals surface area contributed by atoms with Gasteiger partial charge >= 0.3 is 0 Å². The van der Waals surface area contributed by atoms with Crippen molar-refractivity contribution in [2.75, 3.05) is 4.90 Å². The zero-order valence-corrected chi connectivity index (χ0v) is 24.4. The van der Waals surface area contributed by atoms with Crippen LogP contribution < -0.4 is 15.1 Å². The molecule has 0 fully saturated rings. The van der Waals surface area contributed by atoms with Gasteiger partial charge in [0.15, 0.2) is 11.5 Å². The zero-order valence-electron chi connectivity index (χ0n) is 24.4. The van der Waals surface area contributed by atoms with Crippen LogP contribution in [0.25, 0.3) is 33.1 Å². The molecule has 0 N–H and O–H groups in total. The molecule has 2 aliphatic heterocycles. The van der Waals surface area contributed by atoms with Gasteiger partial charge in [0.25, 0.3) is 0 Å². The van der Waals surface area contributed by atoms with E-state index >= 15 is 0 Å². The summed E-state index contributed by atoms with van der Waals surface area (Å²) in [6, 6.07) is 33.1. The summed E-state index contributed by atoms with van der Waals surface area (Å²) in [6.45, 7) is 11.0. The molecule has 0 unspecified atom stereocenters. The average Bonchev–Trinajstić information content (AvgIpc) is 2.98. The minimum absolute atomic E-state index is 0.0117. The molecule has 4 nitrogen and oxygen atoms in total. The third-order valence-electron chi connectivity index (χ3n) is 9.00. The summed E-state index contributed by atoms with van der Waals surface area (Å²) in [6.07, 6.45) is 0. The van der Waals surface area contributed by atoms with Crippen molar-refractivity contribution in [2.45, 2.75) is 45.4 Å². The molecular weight excluding hydrogens is 518 g/mol. The standard InChI is InChI=1S/C38H31NO3/c1-37(2,3)24-15-18-32-26(21-24)36(40)25-19-22(14-17-31(25)41-32)23-13-16-30-34(20-23)42-33-12-8-10-28-35(33)39(30)29-11-7-6-9-27(29)38(28,4)5/h6-21H,1-5H3. The number of benzene rings is 5. The second-order valence-electron chi connectivity index (χ2n) is 13.0. The van der Waals surface area contributed by atoms with E-state index in [4.69, 9.17) is 9.15 Å². The fourth-order valence-electron chi connectivity index (χ4n) is 6.63. The molecule has 42 heavy (non-hydrogen) atoms. The quantitative estimate of drug-likeness (QED) is 0.191. The Morgan fingerprint density at radius 1 is 0.667 bits per heavy atom. The number of rotatable bonds is 1. The van der Waals surface area contributed by atoms with Gasteiger partial charge in [-0.05, 0) is 81.8 Å². The Balaban J connectivity index is 1.28. The van der Waals surface area contributed by atoms with Crippen LogP contribution in [0.1, 0.15) is 51.3 Å². The van der Waals surface area contributed by atoms with Gasteiger partial charge in [-0.3, -0.25) is 4.79 Å². The van der Waals surface area contributed by atoms with Crippen molar-refractivity contribution in [1.29, 1.82) is 0 Å². The van der Waals surface area contributed by atoms with Crippen LogP contribution >= 0.6 is 0 Å². The number of para-hydroxylation sites is 2. The van der Waals surface area contributed by atoms with Crippen LogP contribution in [0, 0.1) is 0 Å². The molecule has 0 atom stereocenters. The Morgan fingerprint density at radius 2 is 1.36 bits per heavy atom. The van der Waals surface area contributed by atoms with Crippen molar-refractivity contribution in [3.05, 3.63) is 124 Å². The van der Waals surface area contributed by atoms with Gasteiger partial charge in [0.1, 0.15) is 11.2 Å². The lowest BCUT2D eigenvalue weighted by atomic mass is 9.73. The maximum absolute atomic E-state index is 13.7. The van der Waals surface area contributed by atoms with E-state index in [0.717, 1.165) is 39.6 Å². The molecule has 1 aromatic heterocycles. The van der Waals surface area contributed by atoms with E-state index in [9.17, 15) is 4.79 Å². The van der Waals surface area contributed by atoms with E-state index in [0.29, 0.717) is 21.9 Å². The Bertz CT molecular complexity index is 2160. The summed E-state index contributed by atoms with van der Waals surface area (Å²) in [5.74, 6) is 1.63. The molecule has 2 aliphatic rings. The molecule has 0 amide bonds. The Hall–Kier alpha value is -4.83. The Morgan fingerprint density at radius 3 is 2.17 bits per heavy atom. The Kier molecular flexibility index (Phi) is 4.96. The molecule has 3 heterocycles. The van der Waals surface area contributed by atoms with Gasteiger partial charge in [0, 0.05) is 5.41 Å². The van der Waals surface area contributed by atoms with Gasteiger partial charge in [0.2, 0.25) is 5.43 Å². The summed E-state index contributed by atoms with van der Waals surface area (Å²) in [7, 11) is 0. The van der Waals surface area contributed by atoms with Crippen LogP contribution in [-0.4, -0.2) is 0 Å². The highest BCUT2D eigenvalue weighted by molar-refractivity contribution is 5.95. The number of anilines is 3. The maximum Gasteiger partial charge on any atom is 0.200 e. The predicted octanol–water partition coefficient (Wildman–Crippen LogP) is 10.1. The molecule has 0 saturated carbocycles. The number of hydrogen-bond donors (Lipinski definition) is 0. The fraction of sp³-hybridized carbons (Fsp3) is 0.184. The molecule has 0 radical (unpaired) electrons. The molecule has 0 aliphatic carbocycles. The normalized spacial score (nSPS) is 14.7. The van der Waals surface area contributed by atoms with E-state index < -0.39 is 0 Å². The van der Waals surface area contributed by atoms with Gasteiger partial charge in [-0.25, -0.2) is 0 Å². The largest absolute Gasteiger partial charge is 0.456 e. The first-order valence-electron chi connectivity index (χ1n) is 14.5. The van der Waals surface area contributed by atoms with Gasteiger partial charge < -0.3 is 14.1 Å². The van der Waals surface area contributed by atoms with E-state index in [1.54, 1.807) is 0 Å². The first-order valence-corrected chi connectivity index (χ1v) is 14.5. The third-order valence-corrected chi connectivity index (χ3v) is 9.00. The molecule has 0 spiro atoms. The fourth-order valence-corrected chi connectivity index (χ4v) is 6.63. The van der Waals surface area contributed by atoms with E-state index in [1.165, 1.54) is 16.8 Å². The van der Waals surface area contributed by atoms with Crippen molar-refractivity contribution >= 4 is 39.0 Å².